The van der Waals surface area contributed by atoms with E-state index in [0.29, 0.717) is 12.3 Å². The van der Waals surface area contributed by atoms with Crippen molar-refractivity contribution in [1.82, 2.24) is 4.90 Å². The van der Waals surface area contributed by atoms with Gasteiger partial charge in [0.1, 0.15) is 5.75 Å². The first kappa shape index (κ1) is 14.9. The summed E-state index contributed by atoms with van der Waals surface area (Å²) in [5, 5.41) is 9.26. The number of phenolic OH excluding ortho intramolecular Hbond substituents is 1. The van der Waals surface area contributed by atoms with E-state index in [2.05, 4.69) is 6.92 Å². The van der Waals surface area contributed by atoms with E-state index in [-0.39, 0.29) is 11.7 Å². The summed E-state index contributed by atoms with van der Waals surface area (Å²) in [5.41, 5.74) is 7.04. The molecule has 0 saturated heterocycles. The van der Waals surface area contributed by atoms with E-state index in [1.54, 1.807) is 12.1 Å². The Kier molecular flexibility index (Phi) is 5.01. The van der Waals surface area contributed by atoms with Crippen LogP contribution in [-0.2, 0) is 11.2 Å². The van der Waals surface area contributed by atoms with E-state index < -0.39 is 6.04 Å². The Hall–Kier alpha value is -1.55. The molecule has 1 aromatic rings. The molecule has 1 aliphatic carbocycles. The lowest BCUT2D eigenvalue weighted by molar-refractivity contribution is -0.132. The standard InChI is InChI=1S/C16H24N2O2/c1-2-9-18(11-13-3-4-13)16(20)15(17)10-12-5-7-14(19)8-6-12/h5-8,13,15,19H,2-4,9-11,17H2,1H3/t15-/m0/s1. The van der Waals surface area contributed by atoms with Crippen LogP contribution in [0.3, 0.4) is 0 Å². The molecule has 1 aromatic carbocycles. The van der Waals surface area contributed by atoms with E-state index in [1.807, 2.05) is 17.0 Å². The summed E-state index contributed by atoms with van der Waals surface area (Å²) in [6.07, 6.45) is 3.95. The van der Waals surface area contributed by atoms with E-state index in [1.165, 1.54) is 12.8 Å². The molecule has 3 N–H and O–H groups in total. The van der Waals surface area contributed by atoms with Crippen molar-refractivity contribution < 1.29 is 9.90 Å². The maximum Gasteiger partial charge on any atom is 0.239 e. The van der Waals surface area contributed by atoms with Crippen LogP contribution in [0.2, 0.25) is 0 Å². The lowest BCUT2D eigenvalue weighted by Crippen LogP contribution is -2.46. The zero-order valence-corrected chi connectivity index (χ0v) is 12.1. The minimum atomic E-state index is -0.496. The van der Waals surface area contributed by atoms with Crippen molar-refractivity contribution in [2.24, 2.45) is 11.7 Å². The highest BCUT2D eigenvalue weighted by atomic mass is 16.3. The molecule has 0 radical (unpaired) electrons. The van der Waals surface area contributed by atoms with Crippen LogP contribution < -0.4 is 5.73 Å². The Morgan fingerprint density at radius 1 is 1.40 bits per heavy atom. The second kappa shape index (κ2) is 6.75. The molecule has 0 bridgehead atoms. The van der Waals surface area contributed by atoms with E-state index >= 15 is 0 Å². The first-order chi connectivity index (χ1) is 9.60. The zero-order valence-electron chi connectivity index (χ0n) is 12.1. The van der Waals surface area contributed by atoms with Gasteiger partial charge in [0.15, 0.2) is 0 Å². The molecule has 0 aromatic heterocycles. The molecule has 1 aliphatic rings. The molecule has 1 amide bonds. The zero-order chi connectivity index (χ0) is 14.5. The number of aromatic hydroxyl groups is 1. The Bertz CT molecular complexity index is 440. The van der Waals surface area contributed by atoms with Gasteiger partial charge in [0.2, 0.25) is 5.91 Å². The van der Waals surface area contributed by atoms with Gasteiger partial charge in [-0.05, 0) is 49.3 Å². The van der Waals surface area contributed by atoms with Gasteiger partial charge in [-0.1, -0.05) is 19.1 Å². The highest BCUT2D eigenvalue weighted by molar-refractivity contribution is 5.82. The smallest absolute Gasteiger partial charge is 0.239 e. The Morgan fingerprint density at radius 3 is 2.60 bits per heavy atom. The molecule has 1 atom stereocenters. The quantitative estimate of drug-likeness (QED) is 0.799. The first-order valence-electron chi connectivity index (χ1n) is 7.42. The van der Waals surface area contributed by atoms with Gasteiger partial charge in [0.05, 0.1) is 6.04 Å². The fraction of sp³-hybridized carbons (Fsp3) is 0.562. The maximum atomic E-state index is 12.4. The molecule has 4 heteroatoms. The SMILES string of the molecule is CCCN(CC1CC1)C(=O)[C@@H](N)Cc1ccc(O)cc1. The molecule has 1 fully saturated rings. The van der Waals surface area contributed by atoms with Crippen LogP contribution in [0.1, 0.15) is 31.7 Å². The number of benzene rings is 1. The fourth-order valence-corrected chi connectivity index (χ4v) is 2.38. The van der Waals surface area contributed by atoms with Crippen LogP contribution >= 0.6 is 0 Å². The number of rotatable bonds is 7. The van der Waals surface area contributed by atoms with Crippen molar-refractivity contribution in [2.75, 3.05) is 13.1 Å². The van der Waals surface area contributed by atoms with Gasteiger partial charge in [-0.15, -0.1) is 0 Å². The van der Waals surface area contributed by atoms with Crippen molar-refractivity contribution in [3.05, 3.63) is 29.8 Å². The average molecular weight is 276 g/mol. The van der Waals surface area contributed by atoms with E-state index in [0.717, 1.165) is 25.1 Å². The van der Waals surface area contributed by atoms with Gasteiger partial charge in [-0.25, -0.2) is 0 Å². The van der Waals surface area contributed by atoms with Gasteiger partial charge in [-0.2, -0.15) is 0 Å². The highest BCUT2D eigenvalue weighted by Crippen LogP contribution is 2.30. The number of nitrogens with two attached hydrogens (primary N) is 1. The predicted octanol–water partition coefficient (Wildman–Crippen LogP) is 1.91. The monoisotopic (exact) mass is 276 g/mol. The van der Waals surface area contributed by atoms with Crippen molar-refractivity contribution >= 4 is 5.91 Å². The van der Waals surface area contributed by atoms with Crippen molar-refractivity contribution in [3.8, 4) is 5.75 Å². The molecule has 0 spiro atoms. The Labute approximate surface area is 120 Å². The molecular formula is C16H24N2O2. The second-order valence-corrected chi connectivity index (χ2v) is 5.70. The van der Waals surface area contributed by atoms with Crippen LogP contribution in [0.4, 0.5) is 0 Å². The third-order valence-corrected chi connectivity index (χ3v) is 3.69. The summed E-state index contributed by atoms with van der Waals surface area (Å²) in [7, 11) is 0. The van der Waals surface area contributed by atoms with E-state index in [4.69, 9.17) is 5.73 Å². The molecule has 0 aliphatic heterocycles. The number of hydrogen-bond donors (Lipinski definition) is 2. The third-order valence-electron chi connectivity index (χ3n) is 3.69. The predicted molar refractivity (Wildman–Crippen MR) is 79.4 cm³/mol. The lowest BCUT2D eigenvalue weighted by Gasteiger charge is -2.25. The van der Waals surface area contributed by atoms with Gasteiger partial charge >= 0.3 is 0 Å². The highest BCUT2D eigenvalue weighted by Gasteiger charge is 2.28. The topological polar surface area (TPSA) is 66.6 Å². The summed E-state index contributed by atoms with van der Waals surface area (Å²) in [6, 6.07) is 6.38. The maximum absolute atomic E-state index is 12.4. The van der Waals surface area contributed by atoms with Gasteiger partial charge in [-0.3, -0.25) is 4.79 Å². The molecule has 20 heavy (non-hydrogen) atoms. The third kappa shape index (κ3) is 4.23. The van der Waals surface area contributed by atoms with Crippen LogP contribution in [0.5, 0.6) is 5.75 Å². The normalized spacial score (nSPS) is 15.9. The number of nitrogens with zero attached hydrogens (tertiary/aromatic N) is 1. The van der Waals surface area contributed by atoms with Crippen LogP contribution in [-0.4, -0.2) is 35.0 Å². The molecule has 0 unspecified atom stereocenters. The van der Waals surface area contributed by atoms with Crippen LogP contribution in [0.25, 0.3) is 0 Å². The van der Waals surface area contributed by atoms with E-state index in [9.17, 15) is 9.90 Å². The Morgan fingerprint density at radius 2 is 2.05 bits per heavy atom. The number of carbonyl (C=O) groups excluding carboxylic acids is 1. The molecule has 4 nitrogen and oxygen atoms in total. The lowest BCUT2D eigenvalue weighted by atomic mass is 10.1. The van der Waals surface area contributed by atoms with Crippen molar-refractivity contribution in [1.29, 1.82) is 0 Å². The summed E-state index contributed by atoms with van der Waals surface area (Å²) in [6.45, 7) is 3.73. The molecule has 1 saturated carbocycles. The second-order valence-electron chi connectivity index (χ2n) is 5.70. The molecule has 110 valence electrons. The Balaban J connectivity index is 1.92. The number of carbonyl (C=O) groups is 1. The van der Waals surface area contributed by atoms with Gasteiger partial charge in [0, 0.05) is 13.1 Å². The number of hydrogen-bond acceptors (Lipinski definition) is 3. The fourth-order valence-electron chi connectivity index (χ4n) is 2.38. The summed E-state index contributed by atoms with van der Waals surface area (Å²) < 4.78 is 0. The van der Waals surface area contributed by atoms with Crippen LogP contribution in [0.15, 0.2) is 24.3 Å². The number of phenols is 1. The largest absolute Gasteiger partial charge is 0.508 e. The molecule has 0 heterocycles. The first-order valence-corrected chi connectivity index (χ1v) is 7.42. The average Bonchev–Trinajstić information content (AvgIpc) is 3.24. The van der Waals surface area contributed by atoms with Gasteiger partial charge in [0.25, 0.3) is 0 Å². The summed E-state index contributed by atoms with van der Waals surface area (Å²) in [4.78, 5) is 14.3. The minimum Gasteiger partial charge on any atom is -0.508 e. The van der Waals surface area contributed by atoms with Crippen molar-refractivity contribution in [3.63, 3.8) is 0 Å². The number of amides is 1. The summed E-state index contributed by atoms with van der Waals surface area (Å²) in [5.74, 6) is 0.966. The minimum absolute atomic E-state index is 0.0480. The van der Waals surface area contributed by atoms with Crippen LogP contribution in [0, 0.1) is 5.92 Å². The summed E-state index contributed by atoms with van der Waals surface area (Å²) >= 11 is 0. The molecule has 2 rings (SSSR count). The van der Waals surface area contributed by atoms with Crippen molar-refractivity contribution in [2.45, 2.75) is 38.6 Å². The van der Waals surface area contributed by atoms with Gasteiger partial charge < -0.3 is 15.7 Å². The molecular weight excluding hydrogens is 252 g/mol.